The first-order valence-electron chi connectivity index (χ1n) is 11.9. The normalized spacial score (nSPS) is 19.1. The first-order valence-corrected chi connectivity index (χ1v) is 11.9. The van der Waals surface area contributed by atoms with Gasteiger partial charge in [0.25, 0.3) is 0 Å². The van der Waals surface area contributed by atoms with Crippen molar-refractivity contribution in [2.75, 3.05) is 19.7 Å². The van der Waals surface area contributed by atoms with Crippen LogP contribution in [0.25, 0.3) is 0 Å². The molecule has 0 spiro atoms. The molecule has 6 nitrogen and oxygen atoms in total. The van der Waals surface area contributed by atoms with Gasteiger partial charge in [0.05, 0.1) is 25.5 Å². The number of carbonyl (C=O) groups is 2. The Morgan fingerprint density at radius 3 is 2.38 bits per heavy atom. The lowest BCUT2D eigenvalue weighted by molar-refractivity contribution is -0.145. The van der Waals surface area contributed by atoms with E-state index < -0.39 is 0 Å². The highest BCUT2D eigenvalue weighted by Crippen LogP contribution is 2.26. The Morgan fingerprint density at radius 2 is 1.69 bits per heavy atom. The maximum Gasteiger partial charge on any atom is 0.242 e. The molecule has 6 heteroatoms. The summed E-state index contributed by atoms with van der Waals surface area (Å²) >= 11 is 0. The Labute approximate surface area is 190 Å². The lowest BCUT2D eigenvalue weighted by Gasteiger charge is -2.32. The molecule has 0 N–H and O–H groups in total. The van der Waals surface area contributed by atoms with Crippen molar-refractivity contribution in [2.24, 2.45) is 5.92 Å². The monoisotopic (exact) mass is 438 g/mol. The van der Waals surface area contributed by atoms with E-state index in [2.05, 4.69) is 0 Å². The molecule has 1 saturated heterocycles. The fourth-order valence-electron chi connectivity index (χ4n) is 4.76. The molecule has 1 saturated carbocycles. The maximum absolute atomic E-state index is 13.5. The molecular weight excluding hydrogens is 404 g/mol. The van der Waals surface area contributed by atoms with E-state index in [9.17, 15) is 9.59 Å². The SMILES string of the molecule is O=C(CN(CC1CCCO1)C(=O)C1CCCCC1)N(Cc1ccccc1)Cc1ccco1. The van der Waals surface area contributed by atoms with E-state index in [1.54, 1.807) is 16.1 Å². The lowest BCUT2D eigenvalue weighted by Crippen LogP contribution is -2.47. The minimum atomic E-state index is -0.0626. The molecule has 0 radical (unpaired) electrons. The summed E-state index contributed by atoms with van der Waals surface area (Å²) < 4.78 is 11.3. The highest BCUT2D eigenvalue weighted by molar-refractivity contribution is 5.86. The van der Waals surface area contributed by atoms with Crippen LogP contribution >= 0.6 is 0 Å². The summed E-state index contributed by atoms with van der Waals surface area (Å²) in [5, 5.41) is 0. The summed E-state index contributed by atoms with van der Waals surface area (Å²) in [5.41, 5.74) is 1.05. The van der Waals surface area contributed by atoms with E-state index in [0.717, 1.165) is 56.5 Å². The highest BCUT2D eigenvalue weighted by Gasteiger charge is 2.31. The van der Waals surface area contributed by atoms with E-state index in [-0.39, 0.29) is 30.4 Å². The van der Waals surface area contributed by atoms with Gasteiger partial charge in [-0.3, -0.25) is 9.59 Å². The molecular formula is C26H34N2O4. The second-order valence-electron chi connectivity index (χ2n) is 9.00. The molecule has 2 aromatic rings. The van der Waals surface area contributed by atoms with Crippen molar-refractivity contribution in [3.8, 4) is 0 Å². The number of nitrogens with zero attached hydrogens (tertiary/aromatic N) is 2. The summed E-state index contributed by atoms with van der Waals surface area (Å²) in [6.07, 6.45) is 8.85. The molecule has 4 rings (SSSR count). The van der Waals surface area contributed by atoms with Crippen LogP contribution < -0.4 is 0 Å². The number of rotatable bonds is 9. The van der Waals surface area contributed by atoms with Gasteiger partial charge in [-0.15, -0.1) is 0 Å². The average Bonchev–Trinajstić information content (AvgIpc) is 3.53. The van der Waals surface area contributed by atoms with Crippen LogP contribution in [0, 0.1) is 5.92 Å². The predicted octanol–water partition coefficient (Wildman–Crippen LogP) is 4.40. The van der Waals surface area contributed by atoms with Crippen molar-refractivity contribution in [1.29, 1.82) is 0 Å². The van der Waals surface area contributed by atoms with Gasteiger partial charge in [-0.25, -0.2) is 0 Å². The number of amides is 2. The number of ether oxygens (including phenoxy) is 1. The molecule has 1 aliphatic heterocycles. The van der Waals surface area contributed by atoms with Gasteiger partial charge in [0.15, 0.2) is 0 Å². The van der Waals surface area contributed by atoms with Crippen LogP contribution in [0.15, 0.2) is 53.1 Å². The van der Waals surface area contributed by atoms with Crippen molar-refractivity contribution in [1.82, 2.24) is 9.80 Å². The Morgan fingerprint density at radius 1 is 0.875 bits per heavy atom. The second kappa shape index (κ2) is 11.3. The number of hydrogen-bond donors (Lipinski definition) is 0. The zero-order chi connectivity index (χ0) is 22.2. The Balaban J connectivity index is 1.48. The van der Waals surface area contributed by atoms with Gasteiger partial charge in [0.1, 0.15) is 5.76 Å². The summed E-state index contributed by atoms with van der Waals surface area (Å²) in [7, 11) is 0. The third-order valence-electron chi connectivity index (χ3n) is 6.54. The van der Waals surface area contributed by atoms with Crippen LogP contribution in [0.1, 0.15) is 56.3 Å². The summed E-state index contributed by atoms with van der Waals surface area (Å²) in [6, 6.07) is 13.6. The van der Waals surface area contributed by atoms with Crippen LogP contribution in [0.3, 0.4) is 0 Å². The lowest BCUT2D eigenvalue weighted by atomic mass is 9.88. The minimum Gasteiger partial charge on any atom is -0.467 e. The Bertz CT molecular complexity index is 840. The molecule has 0 bridgehead atoms. The van der Waals surface area contributed by atoms with Gasteiger partial charge in [-0.1, -0.05) is 49.6 Å². The highest BCUT2D eigenvalue weighted by atomic mass is 16.5. The van der Waals surface area contributed by atoms with Crippen LogP contribution in [0.5, 0.6) is 0 Å². The average molecular weight is 439 g/mol. The van der Waals surface area contributed by atoms with Crippen LogP contribution in [-0.2, 0) is 27.4 Å². The zero-order valence-electron chi connectivity index (χ0n) is 18.8. The quantitative estimate of drug-likeness (QED) is 0.582. The zero-order valence-corrected chi connectivity index (χ0v) is 18.8. The minimum absolute atomic E-state index is 0.0305. The molecule has 1 aliphatic carbocycles. The van der Waals surface area contributed by atoms with Crippen LogP contribution in [-0.4, -0.2) is 47.4 Å². The Hall–Kier alpha value is -2.60. The second-order valence-corrected chi connectivity index (χ2v) is 9.00. The first-order chi connectivity index (χ1) is 15.7. The third kappa shape index (κ3) is 6.22. The molecule has 2 fully saturated rings. The fraction of sp³-hybridized carbons (Fsp3) is 0.538. The van der Waals surface area contributed by atoms with Gasteiger partial charge in [-0.05, 0) is 43.4 Å². The molecule has 2 amide bonds. The van der Waals surface area contributed by atoms with Crippen molar-refractivity contribution in [2.45, 2.75) is 64.1 Å². The smallest absolute Gasteiger partial charge is 0.242 e. The first kappa shape index (κ1) is 22.6. The largest absolute Gasteiger partial charge is 0.467 e. The maximum atomic E-state index is 13.5. The molecule has 172 valence electrons. The van der Waals surface area contributed by atoms with E-state index in [0.29, 0.717) is 19.6 Å². The van der Waals surface area contributed by atoms with Gasteiger partial charge >= 0.3 is 0 Å². The summed E-state index contributed by atoms with van der Waals surface area (Å²) in [5.74, 6) is 0.822. The van der Waals surface area contributed by atoms with Crippen molar-refractivity contribution in [3.05, 3.63) is 60.1 Å². The summed E-state index contributed by atoms with van der Waals surface area (Å²) in [4.78, 5) is 30.5. The molecule has 2 heterocycles. The molecule has 2 aliphatic rings. The van der Waals surface area contributed by atoms with E-state index in [1.165, 1.54) is 6.42 Å². The molecule has 1 atom stereocenters. The number of benzene rings is 1. The standard InChI is InChI=1S/C26H34N2O4/c29-25(27(18-23-13-7-15-31-23)17-21-9-3-1-4-10-21)20-28(19-24-14-8-16-32-24)26(30)22-11-5-2-6-12-22/h1,3-4,7,9-10,13,15,22,24H,2,5-6,8,11-12,14,16-20H2. The van der Waals surface area contributed by atoms with Crippen LogP contribution in [0.2, 0.25) is 0 Å². The van der Waals surface area contributed by atoms with Crippen molar-refractivity contribution >= 4 is 11.8 Å². The van der Waals surface area contributed by atoms with Crippen molar-refractivity contribution < 1.29 is 18.7 Å². The van der Waals surface area contributed by atoms with E-state index in [4.69, 9.17) is 9.15 Å². The van der Waals surface area contributed by atoms with Crippen molar-refractivity contribution in [3.63, 3.8) is 0 Å². The molecule has 1 aromatic heterocycles. The number of furan rings is 1. The Kier molecular flexibility index (Phi) is 7.99. The van der Waals surface area contributed by atoms with Crippen LogP contribution in [0.4, 0.5) is 0 Å². The van der Waals surface area contributed by atoms with Gasteiger partial charge in [-0.2, -0.15) is 0 Å². The van der Waals surface area contributed by atoms with Gasteiger partial charge in [0, 0.05) is 25.6 Å². The molecule has 1 aromatic carbocycles. The topological polar surface area (TPSA) is 63.0 Å². The van der Waals surface area contributed by atoms with Gasteiger partial charge in [0.2, 0.25) is 11.8 Å². The van der Waals surface area contributed by atoms with E-state index >= 15 is 0 Å². The fourth-order valence-corrected chi connectivity index (χ4v) is 4.76. The number of hydrogen-bond acceptors (Lipinski definition) is 4. The van der Waals surface area contributed by atoms with Gasteiger partial charge < -0.3 is 19.0 Å². The molecule has 32 heavy (non-hydrogen) atoms. The third-order valence-corrected chi connectivity index (χ3v) is 6.54. The molecule has 1 unspecified atom stereocenters. The van der Waals surface area contributed by atoms with E-state index in [1.807, 2.05) is 42.5 Å². The predicted molar refractivity (Wildman–Crippen MR) is 122 cm³/mol. The summed E-state index contributed by atoms with van der Waals surface area (Å²) in [6.45, 7) is 2.18. The number of carbonyl (C=O) groups excluding carboxylic acids is 2.